The summed E-state index contributed by atoms with van der Waals surface area (Å²) < 4.78 is 0. The molecule has 1 aliphatic rings. The lowest BCUT2D eigenvalue weighted by atomic mass is 10.1. The van der Waals surface area contributed by atoms with E-state index in [9.17, 15) is 4.79 Å². The summed E-state index contributed by atoms with van der Waals surface area (Å²) in [5, 5.41) is 10.5. The van der Waals surface area contributed by atoms with Gasteiger partial charge in [-0.1, -0.05) is 56.5 Å². The number of rotatable bonds is 6. The van der Waals surface area contributed by atoms with Gasteiger partial charge in [0.25, 0.3) is 0 Å². The molecule has 1 atom stereocenters. The summed E-state index contributed by atoms with van der Waals surface area (Å²) in [6, 6.07) is 9.71. The van der Waals surface area contributed by atoms with Gasteiger partial charge in [-0.15, -0.1) is 0 Å². The minimum atomic E-state index is -0.143. The fourth-order valence-electron chi connectivity index (χ4n) is 2.42. The molecule has 0 radical (unpaired) electrons. The Labute approximate surface area is 114 Å². The molecule has 1 aromatic rings. The number of carbonyl (C=O) groups excluding carboxylic acids is 1. The van der Waals surface area contributed by atoms with Gasteiger partial charge in [0.15, 0.2) is 0 Å². The number of unbranched alkanes of at least 4 members (excludes halogenated alkanes) is 2. The maximum atomic E-state index is 11.9. The van der Waals surface area contributed by atoms with Crippen LogP contribution in [0.3, 0.4) is 0 Å². The molecule has 4 heteroatoms. The number of carbonyl (C=O) groups is 1. The normalized spacial score (nSPS) is 18.8. The van der Waals surface area contributed by atoms with Gasteiger partial charge in [0.1, 0.15) is 5.84 Å². The van der Waals surface area contributed by atoms with Gasteiger partial charge in [-0.05, 0) is 12.0 Å². The van der Waals surface area contributed by atoms with Crippen molar-refractivity contribution < 1.29 is 4.79 Å². The second-order valence-electron chi connectivity index (χ2n) is 4.97. The Morgan fingerprint density at radius 2 is 2.00 bits per heavy atom. The average Bonchev–Trinajstić information content (AvgIpc) is 2.67. The molecule has 2 N–H and O–H groups in total. The summed E-state index contributed by atoms with van der Waals surface area (Å²) in [5.74, 6) is 0.344. The Morgan fingerprint density at radius 1 is 1.26 bits per heavy atom. The van der Waals surface area contributed by atoms with Crippen LogP contribution in [0.15, 0.2) is 30.3 Å². The van der Waals surface area contributed by atoms with Crippen molar-refractivity contribution in [3.63, 3.8) is 0 Å². The Kier molecular flexibility index (Phi) is 4.55. The predicted octanol–water partition coefficient (Wildman–Crippen LogP) is 3.14. The second kappa shape index (κ2) is 6.36. The highest BCUT2D eigenvalue weighted by atomic mass is 16.2. The van der Waals surface area contributed by atoms with Gasteiger partial charge in [0.05, 0.1) is 6.04 Å². The number of hydrogen-bond acceptors (Lipinski definition) is 2. The van der Waals surface area contributed by atoms with Gasteiger partial charge in [-0.3, -0.25) is 10.7 Å². The molecule has 0 saturated carbocycles. The van der Waals surface area contributed by atoms with Crippen LogP contribution in [0.2, 0.25) is 0 Å². The molecule has 1 fully saturated rings. The third-order valence-corrected chi connectivity index (χ3v) is 3.49. The van der Waals surface area contributed by atoms with Crippen molar-refractivity contribution in [2.24, 2.45) is 0 Å². The van der Waals surface area contributed by atoms with E-state index >= 15 is 0 Å². The fraction of sp³-hybridized carbons (Fsp3) is 0.467. The lowest BCUT2D eigenvalue weighted by molar-refractivity contribution is 0.200. The van der Waals surface area contributed by atoms with E-state index in [4.69, 9.17) is 5.41 Å². The van der Waals surface area contributed by atoms with Crippen LogP contribution in [-0.4, -0.2) is 22.8 Å². The Morgan fingerprint density at radius 3 is 2.68 bits per heavy atom. The second-order valence-corrected chi connectivity index (χ2v) is 4.97. The quantitative estimate of drug-likeness (QED) is 0.758. The molecular weight excluding hydrogens is 238 g/mol. The van der Waals surface area contributed by atoms with Crippen LogP contribution >= 0.6 is 0 Å². The lowest BCUT2D eigenvalue weighted by Crippen LogP contribution is -2.34. The Balaban J connectivity index is 2.02. The Bertz CT molecular complexity index is 444. The van der Waals surface area contributed by atoms with Crippen molar-refractivity contribution in [2.45, 2.75) is 45.2 Å². The van der Waals surface area contributed by atoms with E-state index in [1.54, 1.807) is 4.90 Å². The molecule has 0 bridgehead atoms. The smallest absolute Gasteiger partial charge is 0.310 e. The largest absolute Gasteiger partial charge is 0.323 e. The zero-order valence-corrected chi connectivity index (χ0v) is 11.4. The summed E-state index contributed by atoms with van der Waals surface area (Å²) in [6.07, 6.45) is 4.24. The van der Waals surface area contributed by atoms with E-state index in [1.807, 2.05) is 30.3 Å². The third kappa shape index (κ3) is 3.34. The van der Waals surface area contributed by atoms with E-state index in [0.29, 0.717) is 12.4 Å². The van der Waals surface area contributed by atoms with E-state index in [2.05, 4.69) is 12.2 Å². The molecule has 2 rings (SSSR count). The van der Waals surface area contributed by atoms with Crippen molar-refractivity contribution in [1.29, 1.82) is 5.41 Å². The summed E-state index contributed by atoms with van der Waals surface area (Å²) >= 11 is 0. The van der Waals surface area contributed by atoms with Crippen LogP contribution in [0.1, 0.15) is 38.2 Å². The van der Waals surface area contributed by atoms with E-state index < -0.39 is 0 Å². The molecule has 1 aliphatic heterocycles. The molecule has 19 heavy (non-hydrogen) atoms. The molecule has 1 unspecified atom stereocenters. The van der Waals surface area contributed by atoms with Crippen LogP contribution < -0.4 is 5.32 Å². The molecule has 1 saturated heterocycles. The average molecular weight is 259 g/mol. The maximum Gasteiger partial charge on any atom is 0.323 e. The molecule has 102 valence electrons. The highest BCUT2D eigenvalue weighted by molar-refractivity contribution is 6.05. The van der Waals surface area contributed by atoms with Gasteiger partial charge in [-0.25, -0.2) is 4.79 Å². The summed E-state index contributed by atoms with van der Waals surface area (Å²) in [7, 11) is 0. The van der Waals surface area contributed by atoms with Crippen molar-refractivity contribution >= 4 is 11.9 Å². The van der Waals surface area contributed by atoms with Crippen molar-refractivity contribution in [2.75, 3.05) is 0 Å². The van der Waals surface area contributed by atoms with Crippen molar-refractivity contribution in [1.82, 2.24) is 10.2 Å². The van der Waals surface area contributed by atoms with Crippen LogP contribution in [0.4, 0.5) is 4.79 Å². The molecule has 0 aromatic heterocycles. The van der Waals surface area contributed by atoms with Crippen LogP contribution in [0, 0.1) is 5.41 Å². The van der Waals surface area contributed by atoms with Gasteiger partial charge in [-0.2, -0.15) is 0 Å². The maximum absolute atomic E-state index is 11.9. The highest BCUT2D eigenvalue weighted by Crippen LogP contribution is 2.19. The number of amidine groups is 1. The molecule has 2 amide bonds. The lowest BCUT2D eigenvalue weighted by Gasteiger charge is -2.22. The van der Waals surface area contributed by atoms with Crippen LogP contribution in [0.5, 0.6) is 0 Å². The first-order valence-electron chi connectivity index (χ1n) is 6.92. The number of benzene rings is 1. The highest BCUT2D eigenvalue weighted by Gasteiger charge is 2.34. The zero-order valence-electron chi connectivity index (χ0n) is 11.4. The fourth-order valence-corrected chi connectivity index (χ4v) is 2.42. The Hall–Kier alpha value is -1.84. The number of amides is 2. The summed E-state index contributed by atoms with van der Waals surface area (Å²) in [5.41, 5.74) is 1.10. The van der Waals surface area contributed by atoms with Crippen molar-refractivity contribution in [3.8, 4) is 0 Å². The molecule has 1 heterocycles. The zero-order chi connectivity index (χ0) is 13.7. The third-order valence-electron chi connectivity index (χ3n) is 3.49. The molecular formula is C15H21N3O. The first-order valence-corrected chi connectivity index (χ1v) is 6.92. The molecule has 1 aromatic carbocycles. The molecule has 0 aliphatic carbocycles. The minimum absolute atomic E-state index is 0.0840. The number of nitrogens with one attached hydrogen (secondary N) is 2. The number of nitrogens with zero attached hydrogens (tertiary/aromatic N) is 1. The number of urea groups is 1. The van der Waals surface area contributed by atoms with Crippen LogP contribution in [-0.2, 0) is 6.54 Å². The minimum Gasteiger partial charge on any atom is -0.310 e. The molecule has 4 nitrogen and oxygen atoms in total. The monoisotopic (exact) mass is 259 g/mol. The van der Waals surface area contributed by atoms with E-state index in [0.717, 1.165) is 31.2 Å². The standard InChI is InChI=1S/C15H21N3O/c1-2-3-5-10-13-14(16)17-15(19)18(13)11-12-8-6-4-7-9-12/h4,6-9,13H,2-3,5,10-11H2,1H3,(H2,16,17,19). The van der Waals surface area contributed by atoms with Crippen LogP contribution in [0.25, 0.3) is 0 Å². The topological polar surface area (TPSA) is 56.2 Å². The summed E-state index contributed by atoms with van der Waals surface area (Å²) in [6.45, 7) is 2.73. The van der Waals surface area contributed by atoms with E-state index in [-0.39, 0.29) is 12.1 Å². The van der Waals surface area contributed by atoms with E-state index in [1.165, 1.54) is 0 Å². The predicted molar refractivity (Wildman–Crippen MR) is 76.2 cm³/mol. The first kappa shape index (κ1) is 13.6. The van der Waals surface area contributed by atoms with Gasteiger partial charge in [0, 0.05) is 6.54 Å². The molecule has 0 spiro atoms. The number of hydrogen-bond donors (Lipinski definition) is 2. The van der Waals surface area contributed by atoms with Gasteiger partial charge in [0.2, 0.25) is 0 Å². The van der Waals surface area contributed by atoms with Gasteiger partial charge < -0.3 is 4.90 Å². The SMILES string of the molecule is CCCCCC1C(=N)NC(=O)N1Cc1ccccc1. The van der Waals surface area contributed by atoms with Crippen molar-refractivity contribution in [3.05, 3.63) is 35.9 Å². The first-order chi connectivity index (χ1) is 9.22. The van der Waals surface area contributed by atoms with Gasteiger partial charge >= 0.3 is 6.03 Å². The summed E-state index contributed by atoms with van der Waals surface area (Å²) in [4.78, 5) is 13.7.